The molecule has 0 atom stereocenters. The van der Waals surface area contributed by atoms with Crippen LogP contribution in [0.3, 0.4) is 0 Å². The molecule has 380 valence electrons. The molecular weight excluding hydrogens is 1010 g/mol. The number of benzene rings is 6. The number of aromatic carboxylic acids is 1. The fourth-order valence-corrected chi connectivity index (χ4v) is 14.3. The van der Waals surface area contributed by atoms with Gasteiger partial charge in [0, 0.05) is 42.7 Å². The number of rotatable bonds is 19. The summed E-state index contributed by atoms with van der Waals surface area (Å²) in [7, 11) is 0. The van der Waals surface area contributed by atoms with Gasteiger partial charge in [-0.2, -0.15) is 9.61 Å². The van der Waals surface area contributed by atoms with Gasteiger partial charge in [0.05, 0.1) is 20.8 Å². The second-order valence-corrected chi connectivity index (χ2v) is 22.8. The third kappa shape index (κ3) is 8.85. The first-order chi connectivity index (χ1) is 36.5. The average Bonchev–Trinajstić information content (AvgIpc) is 4.30. The van der Waals surface area contributed by atoms with Crippen molar-refractivity contribution in [1.82, 2.24) is 19.8 Å². The highest BCUT2D eigenvalue weighted by atomic mass is 35.5. The number of hydrogen-bond acceptors (Lipinski definition) is 6. The summed E-state index contributed by atoms with van der Waals surface area (Å²) in [5.41, 5.74) is 16.1. The topological polar surface area (TPSA) is 83.6 Å². The summed E-state index contributed by atoms with van der Waals surface area (Å²) in [5, 5.41) is 24.7. The van der Waals surface area contributed by atoms with Crippen molar-refractivity contribution in [2.45, 2.75) is 116 Å². The van der Waals surface area contributed by atoms with Gasteiger partial charge in [-0.1, -0.05) is 187 Å². The molecule has 11 heteroatoms. The molecule has 0 amide bonds. The van der Waals surface area contributed by atoms with Crippen molar-refractivity contribution in [2.75, 3.05) is 4.90 Å². The van der Waals surface area contributed by atoms with Crippen LogP contribution in [0, 0.1) is 0 Å². The Balaban J connectivity index is 1.03. The van der Waals surface area contributed by atoms with Crippen molar-refractivity contribution in [3.8, 4) is 44.1 Å². The summed E-state index contributed by atoms with van der Waals surface area (Å²) in [4.78, 5) is 17.0. The van der Waals surface area contributed by atoms with Gasteiger partial charge >= 0.3 is 5.97 Å². The van der Waals surface area contributed by atoms with Crippen LogP contribution in [0.2, 0.25) is 15.1 Å². The van der Waals surface area contributed by atoms with Gasteiger partial charge in [-0.15, -0.1) is 21.5 Å². The van der Waals surface area contributed by atoms with Crippen LogP contribution in [0.15, 0.2) is 133 Å². The highest BCUT2D eigenvalue weighted by Crippen LogP contribution is 2.58. The van der Waals surface area contributed by atoms with Crippen LogP contribution < -0.4 is 10.1 Å². The molecule has 2 aliphatic rings. The zero-order chi connectivity index (χ0) is 52.0. The van der Waals surface area contributed by atoms with E-state index < -0.39 is 5.97 Å². The Hall–Kier alpha value is -6.29. The molecule has 0 spiro atoms. The Bertz CT molecular complexity index is 3520. The SMILES string of the molecule is CCCCC1(CCCC)c2ccccc2-c2ccc(N(c3ccc(-c4ccc(C=c5c(C(=O)O)nn6c(-c7c(Cl)cc(Cl)cc7Cl)nnc56)s4)cc3)c3ccc4c(c3)C(CCCC)(CCCC)c3ccccc3-4)cc21. The van der Waals surface area contributed by atoms with E-state index in [1.165, 1.54) is 74.7 Å². The van der Waals surface area contributed by atoms with Gasteiger partial charge in [-0.3, -0.25) is 0 Å². The largest absolute Gasteiger partial charge is 0.476 e. The Morgan fingerprint density at radius 3 is 1.60 bits per heavy atom. The number of unbranched alkanes of at least 4 members (excludes halogenated alkanes) is 4. The molecule has 0 bridgehead atoms. The summed E-state index contributed by atoms with van der Waals surface area (Å²) >= 11 is 20.9. The zero-order valence-electron chi connectivity index (χ0n) is 42.9. The minimum atomic E-state index is -1.19. The van der Waals surface area contributed by atoms with Crippen molar-refractivity contribution in [1.29, 1.82) is 0 Å². The van der Waals surface area contributed by atoms with E-state index in [-0.39, 0.29) is 38.0 Å². The summed E-state index contributed by atoms with van der Waals surface area (Å²) in [5.74, 6) is -0.974. The summed E-state index contributed by atoms with van der Waals surface area (Å²) in [6, 6.07) is 49.0. The molecule has 3 aromatic heterocycles. The van der Waals surface area contributed by atoms with Crippen LogP contribution in [0.1, 0.15) is 142 Å². The molecule has 0 aliphatic heterocycles. The van der Waals surface area contributed by atoms with Crippen molar-refractivity contribution in [3.05, 3.63) is 187 Å². The lowest BCUT2D eigenvalue weighted by atomic mass is 9.70. The molecule has 9 aromatic rings. The number of nitrogens with zero attached hydrogens (tertiary/aromatic N) is 5. The number of fused-ring (bicyclic) bond motifs is 7. The molecule has 3 heterocycles. The van der Waals surface area contributed by atoms with Gasteiger partial charge in [-0.25, -0.2) is 4.79 Å². The van der Waals surface area contributed by atoms with E-state index in [4.69, 9.17) is 34.8 Å². The minimum Gasteiger partial charge on any atom is -0.476 e. The summed E-state index contributed by atoms with van der Waals surface area (Å²) < 4.78 is 1.38. The van der Waals surface area contributed by atoms with Crippen molar-refractivity contribution in [2.24, 2.45) is 0 Å². The van der Waals surface area contributed by atoms with Crippen LogP contribution in [-0.2, 0) is 10.8 Å². The second-order valence-electron chi connectivity index (χ2n) is 20.4. The summed E-state index contributed by atoms with van der Waals surface area (Å²) in [6.45, 7) is 9.27. The van der Waals surface area contributed by atoms with Gasteiger partial charge in [0.2, 0.25) is 0 Å². The lowest BCUT2D eigenvalue weighted by Crippen LogP contribution is -2.26. The van der Waals surface area contributed by atoms with Crippen molar-refractivity contribution < 1.29 is 9.90 Å². The molecule has 6 aromatic carbocycles. The average molecular weight is 1070 g/mol. The number of carboxylic acid groups (broad SMARTS) is 1. The molecule has 11 rings (SSSR count). The smallest absolute Gasteiger partial charge is 0.357 e. The number of hydrogen-bond donors (Lipinski definition) is 1. The molecule has 7 nitrogen and oxygen atoms in total. The van der Waals surface area contributed by atoms with E-state index >= 15 is 0 Å². The van der Waals surface area contributed by atoms with Crippen LogP contribution in [-0.4, -0.2) is 30.9 Å². The number of carbonyl (C=O) groups is 1. The third-order valence-corrected chi connectivity index (χ3v) is 17.8. The van der Waals surface area contributed by atoms with Crippen LogP contribution in [0.5, 0.6) is 0 Å². The number of carboxylic acids is 1. The molecule has 0 radical (unpaired) electrons. The van der Waals surface area contributed by atoms with E-state index in [0.717, 1.165) is 83.7 Å². The second kappa shape index (κ2) is 21.0. The minimum absolute atomic E-state index is 0.0591. The number of halogens is 3. The van der Waals surface area contributed by atoms with Gasteiger partial charge in [0.1, 0.15) is 0 Å². The molecule has 1 N–H and O–H groups in total. The van der Waals surface area contributed by atoms with Gasteiger partial charge in [0.25, 0.3) is 0 Å². The first kappa shape index (κ1) is 50.8. The number of aromatic nitrogens is 4. The third-order valence-electron chi connectivity index (χ3n) is 15.9. The van der Waals surface area contributed by atoms with E-state index in [1.54, 1.807) is 29.5 Å². The lowest BCUT2D eigenvalue weighted by Gasteiger charge is -2.35. The Labute approximate surface area is 458 Å². The van der Waals surface area contributed by atoms with E-state index in [9.17, 15) is 9.90 Å². The monoisotopic (exact) mass is 1070 g/mol. The molecule has 0 unspecified atom stereocenters. The molecular formula is C64H60Cl3N5O2S. The van der Waals surface area contributed by atoms with Crippen molar-refractivity contribution >= 4 is 80.9 Å². The van der Waals surface area contributed by atoms with E-state index in [2.05, 4.69) is 163 Å². The standard InChI is InChI=1S/C64H60Cl3N5O2S/c1-5-9-31-63(32-10-6-2)51-19-15-13-17-46(51)48-28-25-43(37-53(48)63)71(44-26-29-49-47-18-14-16-20-52(47)64(33-11-7-3,34-12-8-4)54(49)38-44)42-23-21-40(22-24-42)57-30-27-45(75-57)39-50-59(62(73)74)70-72-60(50)68-69-61(72)58-55(66)35-41(65)36-56(58)67/h13-30,35-39H,5-12,31-34H2,1-4H3,(H,73,74). The van der Waals surface area contributed by atoms with E-state index in [0.29, 0.717) is 15.8 Å². The Kier molecular flexibility index (Phi) is 14.3. The summed E-state index contributed by atoms with van der Waals surface area (Å²) in [6.07, 6.45) is 15.6. The predicted octanol–water partition coefficient (Wildman–Crippen LogP) is 18.5. The maximum atomic E-state index is 12.7. The lowest BCUT2D eigenvalue weighted by molar-refractivity contribution is 0.0689. The maximum Gasteiger partial charge on any atom is 0.357 e. The van der Waals surface area contributed by atoms with Crippen LogP contribution in [0.4, 0.5) is 17.1 Å². The fraction of sp³-hybridized carbons (Fsp3) is 0.281. The number of thiophene rings is 1. The van der Waals surface area contributed by atoms with Crippen molar-refractivity contribution in [3.63, 3.8) is 0 Å². The quantitative estimate of drug-likeness (QED) is 0.0869. The van der Waals surface area contributed by atoms with Gasteiger partial charge in [-0.05, 0) is 142 Å². The zero-order valence-corrected chi connectivity index (χ0v) is 46.0. The van der Waals surface area contributed by atoms with Crippen LogP contribution in [0.25, 0.3) is 55.8 Å². The molecule has 0 fully saturated rings. The molecule has 0 saturated heterocycles. The van der Waals surface area contributed by atoms with Crippen LogP contribution >= 0.6 is 46.1 Å². The number of anilines is 3. The first-order valence-electron chi connectivity index (χ1n) is 26.7. The highest BCUT2D eigenvalue weighted by Gasteiger charge is 2.44. The first-order valence-corrected chi connectivity index (χ1v) is 28.6. The molecule has 2 aliphatic carbocycles. The van der Waals surface area contributed by atoms with Gasteiger partial charge in [0.15, 0.2) is 17.2 Å². The molecule has 0 saturated carbocycles. The maximum absolute atomic E-state index is 12.7. The molecule has 75 heavy (non-hydrogen) atoms. The van der Waals surface area contributed by atoms with E-state index in [1.807, 2.05) is 6.07 Å². The van der Waals surface area contributed by atoms with Gasteiger partial charge < -0.3 is 10.0 Å². The predicted molar refractivity (Wildman–Crippen MR) is 312 cm³/mol. The normalized spacial score (nSPS) is 14.0. The fourth-order valence-electron chi connectivity index (χ4n) is 12.4. The Morgan fingerprint density at radius 1 is 0.600 bits per heavy atom. The Morgan fingerprint density at radius 2 is 1.09 bits per heavy atom. The highest BCUT2D eigenvalue weighted by molar-refractivity contribution is 7.16.